The van der Waals surface area contributed by atoms with E-state index in [-0.39, 0.29) is 11.8 Å². The third-order valence-electron chi connectivity index (χ3n) is 6.71. The first-order valence-corrected chi connectivity index (χ1v) is 12.0. The minimum Gasteiger partial charge on any atom is -0.328 e. The molecule has 2 amide bonds. The van der Waals surface area contributed by atoms with Gasteiger partial charge < -0.3 is 16.0 Å². The number of hydrogen-bond acceptors (Lipinski definition) is 6. The normalized spacial score (nSPS) is 21.2. The van der Waals surface area contributed by atoms with Crippen LogP contribution in [0.15, 0.2) is 41.3 Å². The Labute approximate surface area is 195 Å². The quantitative estimate of drug-likeness (QED) is 0.615. The molecule has 1 aromatic heterocycles. The zero-order valence-corrected chi connectivity index (χ0v) is 19.4. The number of amides is 2. The molecule has 2 aliphatic rings. The van der Waals surface area contributed by atoms with Crippen molar-refractivity contribution >= 4 is 11.8 Å². The molecule has 0 atom stereocenters. The molecule has 4 N–H and O–H groups in total. The van der Waals surface area contributed by atoms with Gasteiger partial charge in [0, 0.05) is 51.0 Å². The third kappa shape index (κ3) is 5.98. The van der Waals surface area contributed by atoms with Crippen LogP contribution >= 0.6 is 0 Å². The summed E-state index contributed by atoms with van der Waals surface area (Å²) >= 11 is 0. The largest absolute Gasteiger partial charge is 0.354 e. The van der Waals surface area contributed by atoms with E-state index in [1.165, 1.54) is 10.1 Å². The summed E-state index contributed by atoms with van der Waals surface area (Å²) in [7, 11) is 0. The first-order valence-electron chi connectivity index (χ1n) is 12.0. The molecule has 9 heteroatoms. The Morgan fingerprint density at radius 2 is 1.85 bits per heavy atom. The lowest BCUT2D eigenvalue weighted by atomic mass is 9.90. The monoisotopic (exact) mass is 453 g/mol. The predicted octanol–water partition coefficient (Wildman–Crippen LogP) is 1.76. The lowest BCUT2D eigenvalue weighted by Gasteiger charge is -2.35. The minimum absolute atomic E-state index is 0.231. The zero-order valence-electron chi connectivity index (χ0n) is 19.4. The summed E-state index contributed by atoms with van der Waals surface area (Å²) in [6, 6.07) is 10.4. The Morgan fingerprint density at radius 3 is 2.48 bits per heavy atom. The highest BCUT2D eigenvalue weighted by molar-refractivity contribution is 5.88. The van der Waals surface area contributed by atoms with Crippen LogP contribution in [0.5, 0.6) is 0 Å². The highest BCUT2D eigenvalue weighted by atomic mass is 16.2. The van der Waals surface area contributed by atoms with Crippen molar-refractivity contribution in [3.8, 4) is 5.69 Å². The molecule has 4 rings (SSSR count). The Morgan fingerprint density at radius 1 is 1.15 bits per heavy atom. The van der Waals surface area contributed by atoms with Crippen LogP contribution in [-0.4, -0.2) is 70.2 Å². The van der Waals surface area contributed by atoms with Crippen LogP contribution in [-0.2, 0) is 6.54 Å². The molecule has 0 bridgehead atoms. The molecule has 0 spiro atoms. The summed E-state index contributed by atoms with van der Waals surface area (Å²) in [6.45, 7) is 6.91. The van der Waals surface area contributed by atoms with Gasteiger partial charge in [-0.3, -0.25) is 14.8 Å². The molecule has 33 heavy (non-hydrogen) atoms. The summed E-state index contributed by atoms with van der Waals surface area (Å²) in [5.74, 6) is 0.266. The third-order valence-corrected chi connectivity index (χ3v) is 6.71. The first-order chi connectivity index (χ1) is 16.0. The maximum absolute atomic E-state index is 12.6. The van der Waals surface area contributed by atoms with Crippen molar-refractivity contribution in [1.29, 1.82) is 0 Å². The van der Waals surface area contributed by atoms with Crippen molar-refractivity contribution in [2.24, 2.45) is 5.73 Å². The van der Waals surface area contributed by atoms with E-state index in [0.29, 0.717) is 25.2 Å². The molecule has 1 saturated carbocycles. The standard InChI is InChI=1S/C24H35N7O2/c1-2-29(20-9-5-19(25)6-10-20)17-18-3-7-21(8-4-18)31-14-11-22(28-24(31)33)27-23(32)30-15-12-26-13-16-30/h3-4,7-8,11,14,19-20,26H,2,5-6,9-10,12-13,15-17,25H2,1H3,(H,27,28,32,33). The number of nitrogens with one attached hydrogen (secondary N) is 2. The molecule has 2 fully saturated rings. The number of carbonyl (C=O) groups is 1. The van der Waals surface area contributed by atoms with E-state index in [1.807, 2.05) is 12.1 Å². The van der Waals surface area contributed by atoms with Crippen LogP contribution in [0.1, 0.15) is 38.2 Å². The van der Waals surface area contributed by atoms with E-state index in [9.17, 15) is 9.59 Å². The molecule has 1 saturated heterocycles. The number of urea groups is 1. The topological polar surface area (TPSA) is 109 Å². The van der Waals surface area contributed by atoms with E-state index in [2.05, 4.69) is 39.6 Å². The number of carbonyl (C=O) groups excluding carboxylic acids is 1. The fourth-order valence-corrected chi connectivity index (χ4v) is 4.69. The van der Waals surface area contributed by atoms with Gasteiger partial charge in [0.15, 0.2) is 0 Å². The van der Waals surface area contributed by atoms with Crippen LogP contribution in [0.3, 0.4) is 0 Å². The molecule has 0 radical (unpaired) electrons. The number of hydrogen-bond donors (Lipinski definition) is 3. The zero-order chi connectivity index (χ0) is 23.2. The van der Waals surface area contributed by atoms with Gasteiger partial charge in [-0.15, -0.1) is 0 Å². The van der Waals surface area contributed by atoms with Crippen molar-refractivity contribution in [3.63, 3.8) is 0 Å². The summed E-state index contributed by atoms with van der Waals surface area (Å²) in [6.07, 6.45) is 6.17. The molecule has 9 nitrogen and oxygen atoms in total. The smallest absolute Gasteiger partial charge is 0.328 e. The number of nitrogens with zero attached hydrogens (tertiary/aromatic N) is 4. The van der Waals surface area contributed by atoms with Gasteiger partial charge in [-0.25, -0.2) is 9.59 Å². The minimum atomic E-state index is -0.422. The van der Waals surface area contributed by atoms with Gasteiger partial charge in [0.1, 0.15) is 5.82 Å². The fourth-order valence-electron chi connectivity index (χ4n) is 4.69. The van der Waals surface area contributed by atoms with Crippen molar-refractivity contribution in [1.82, 2.24) is 24.7 Å². The maximum Gasteiger partial charge on any atom is 0.354 e. The second-order valence-corrected chi connectivity index (χ2v) is 8.93. The molecule has 2 aromatic rings. The lowest BCUT2D eigenvalue weighted by molar-refractivity contribution is 0.149. The van der Waals surface area contributed by atoms with Gasteiger partial charge >= 0.3 is 11.7 Å². The highest BCUT2D eigenvalue weighted by Crippen LogP contribution is 2.23. The van der Waals surface area contributed by atoms with Crippen molar-refractivity contribution in [2.75, 3.05) is 38.0 Å². The molecular weight excluding hydrogens is 418 g/mol. The summed E-state index contributed by atoms with van der Waals surface area (Å²) in [5, 5.41) is 5.93. The van der Waals surface area contributed by atoms with Gasteiger partial charge in [-0.1, -0.05) is 19.1 Å². The van der Waals surface area contributed by atoms with Gasteiger partial charge in [-0.2, -0.15) is 4.98 Å². The van der Waals surface area contributed by atoms with E-state index in [4.69, 9.17) is 5.73 Å². The average Bonchev–Trinajstić information content (AvgIpc) is 2.84. The number of benzene rings is 1. The molecule has 2 heterocycles. The number of nitrogens with two attached hydrogens (primary N) is 1. The Balaban J connectivity index is 1.38. The van der Waals surface area contributed by atoms with Crippen LogP contribution in [0.4, 0.5) is 10.6 Å². The van der Waals surface area contributed by atoms with E-state index in [0.717, 1.165) is 57.5 Å². The highest BCUT2D eigenvalue weighted by Gasteiger charge is 2.23. The summed E-state index contributed by atoms with van der Waals surface area (Å²) < 4.78 is 1.49. The van der Waals surface area contributed by atoms with Gasteiger partial charge in [0.05, 0.1) is 5.69 Å². The van der Waals surface area contributed by atoms with Gasteiger partial charge in [-0.05, 0) is 56.0 Å². The Bertz CT molecular complexity index is 977. The molecule has 1 aromatic carbocycles. The predicted molar refractivity (Wildman–Crippen MR) is 130 cm³/mol. The number of piperazine rings is 1. The van der Waals surface area contributed by atoms with Gasteiger partial charge in [0.25, 0.3) is 0 Å². The van der Waals surface area contributed by atoms with Crippen LogP contribution in [0.25, 0.3) is 5.69 Å². The van der Waals surface area contributed by atoms with Crippen molar-refractivity contribution in [2.45, 2.75) is 51.2 Å². The van der Waals surface area contributed by atoms with E-state index in [1.54, 1.807) is 17.2 Å². The van der Waals surface area contributed by atoms with Crippen molar-refractivity contribution in [3.05, 3.63) is 52.6 Å². The number of aromatic nitrogens is 2. The lowest BCUT2D eigenvalue weighted by Crippen LogP contribution is -2.48. The summed E-state index contributed by atoms with van der Waals surface area (Å²) in [5.41, 5.74) is 7.62. The Hall–Kier alpha value is -2.75. The maximum atomic E-state index is 12.6. The van der Waals surface area contributed by atoms with E-state index >= 15 is 0 Å². The number of anilines is 1. The first kappa shape index (κ1) is 23.4. The summed E-state index contributed by atoms with van der Waals surface area (Å²) in [4.78, 5) is 33.2. The van der Waals surface area contributed by atoms with E-state index < -0.39 is 5.69 Å². The average molecular weight is 454 g/mol. The molecular formula is C24H35N7O2. The van der Waals surface area contributed by atoms with Gasteiger partial charge in [0.2, 0.25) is 0 Å². The Kier molecular flexibility index (Phi) is 7.74. The van der Waals surface area contributed by atoms with Crippen LogP contribution in [0, 0.1) is 0 Å². The van der Waals surface area contributed by atoms with Crippen LogP contribution in [0.2, 0.25) is 0 Å². The molecule has 1 aliphatic carbocycles. The second kappa shape index (κ2) is 10.9. The SMILES string of the molecule is CCN(Cc1ccc(-n2ccc(NC(=O)N3CCNCC3)nc2=O)cc1)C1CCC(N)CC1. The van der Waals surface area contributed by atoms with Crippen LogP contribution < -0.4 is 22.1 Å². The molecule has 178 valence electrons. The number of rotatable bonds is 6. The van der Waals surface area contributed by atoms with Crippen molar-refractivity contribution < 1.29 is 4.79 Å². The fraction of sp³-hybridized carbons (Fsp3) is 0.542. The molecule has 0 unspecified atom stereocenters. The second-order valence-electron chi connectivity index (χ2n) is 8.93. The molecule has 1 aliphatic heterocycles.